The fraction of sp³-hybridized carbons (Fsp3) is 0.263. The van der Waals surface area contributed by atoms with Gasteiger partial charge in [-0.05, 0) is 37.6 Å². The van der Waals surface area contributed by atoms with Crippen LogP contribution in [0.25, 0.3) is 10.9 Å². The molecule has 152 valence electrons. The Morgan fingerprint density at radius 2 is 2.21 bits per heavy atom. The molecule has 0 radical (unpaired) electrons. The van der Waals surface area contributed by atoms with Crippen molar-refractivity contribution in [3.05, 3.63) is 41.9 Å². The van der Waals surface area contributed by atoms with Gasteiger partial charge in [0.1, 0.15) is 30.6 Å². The number of hydrogen-bond donors (Lipinski definition) is 3. The molecule has 0 saturated carbocycles. The summed E-state index contributed by atoms with van der Waals surface area (Å²) in [4.78, 5) is 25.2. The van der Waals surface area contributed by atoms with E-state index in [0.717, 1.165) is 16.6 Å². The molecule has 0 bridgehead atoms. The van der Waals surface area contributed by atoms with E-state index in [0.29, 0.717) is 24.3 Å². The highest BCUT2D eigenvalue weighted by Crippen LogP contribution is 2.29. The van der Waals surface area contributed by atoms with Gasteiger partial charge in [-0.25, -0.2) is 14.8 Å². The summed E-state index contributed by atoms with van der Waals surface area (Å²) in [6.45, 7) is 2.27. The topological polar surface area (TPSA) is 137 Å². The van der Waals surface area contributed by atoms with Crippen LogP contribution in [0.15, 0.2) is 35.7 Å². The molecule has 0 fully saturated rings. The summed E-state index contributed by atoms with van der Waals surface area (Å²) in [5.41, 5.74) is 7.78. The molecule has 0 unspecified atom stereocenters. The third-order valence-corrected chi connectivity index (χ3v) is 4.15. The Labute approximate surface area is 167 Å². The Morgan fingerprint density at radius 1 is 1.38 bits per heavy atom. The lowest BCUT2D eigenvalue weighted by Gasteiger charge is -2.10. The van der Waals surface area contributed by atoms with Crippen LogP contribution in [0.4, 0.5) is 10.6 Å². The maximum atomic E-state index is 12.5. The first-order valence-corrected chi connectivity index (χ1v) is 8.91. The van der Waals surface area contributed by atoms with Gasteiger partial charge in [-0.2, -0.15) is 0 Å². The van der Waals surface area contributed by atoms with Gasteiger partial charge in [-0.15, -0.1) is 0 Å². The Kier molecular flexibility index (Phi) is 6.25. The molecule has 0 atom stereocenters. The van der Waals surface area contributed by atoms with E-state index in [9.17, 15) is 4.79 Å². The van der Waals surface area contributed by atoms with Gasteiger partial charge < -0.3 is 25.7 Å². The first-order valence-electron chi connectivity index (χ1n) is 8.91. The molecule has 4 N–H and O–H groups in total. The van der Waals surface area contributed by atoms with Crippen LogP contribution in [0.5, 0.6) is 11.6 Å². The molecule has 0 spiro atoms. The number of nitrogens with two attached hydrogens (primary N) is 1. The fourth-order valence-corrected chi connectivity index (χ4v) is 2.83. The number of oxime groups is 1. The Hall–Kier alpha value is -3.66. The molecule has 2 aromatic heterocycles. The largest absolute Gasteiger partial charge is 0.438 e. The van der Waals surface area contributed by atoms with E-state index in [1.807, 2.05) is 13.0 Å². The third-order valence-electron chi connectivity index (χ3n) is 4.15. The smallest absolute Gasteiger partial charge is 0.326 e. The first-order chi connectivity index (χ1) is 14.0. The standard InChI is InChI=1S/C19H22N6O4/c1-12-8-13-9-14(4-5-16(13)25(12)19(27)21-6-3-7-26)29-18-15(10-24-28-2)17(20)22-11-23-18/h4-5,8-11,26H,3,6-7H2,1-2H3,(H,21,27)(H2,20,22,23)/b24-10+. The molecular weight excluding hydrogens is 376 g/mol. The molecule has 2 heterocycles. The number of fused-ring (bicyclic) bond motifs is 1. The molecule has 0 saturated heterocycles. The zero-order valence-electron chi connectivity index (χ0n) is 16.1. The van der Waals surface area contributed by atoms with E-state index in [1.54, 1.807) is 22.8 Å². The highest BCUT2D eigenvalue weighted by atomic mass is 16.6. The van der Waals surface area contributed by atoms with E-state index in [1.165, 1.54) is 19.7 Å². The lowest BCUT2D eigenvalue weighted by Crippen LogP contribution is -2.30. The van der Waals surface area contributed by atoms with Crippen LogP contribution in [0.3, 0.4) is 0 Å². The fourth-order valence-electron chi connectivity index (χ4n) is 2.83. The van der Waals surface area contributed by atoms with Gasteiger partial charge in [0.05, 0.1) is 11.7 Å². The SMILES string of the molecule is CO/N=C/c1c(N)ncnc1Oc1ccc2c(c1)cc(C)n2C(=O)NCCCO. The second kappa shape index (κ2) is 9.02. The van der Waals surface area contributed by atoms with Gasteiger partial charge in [0.25, 0.3) is 0 Å². The van der Waals surface area contributed by atoms with Crippen molar-refractivity contribution < 1.29 is 19.5 Å². The lowest BCUT2D eigenvalue weighted by molar-refractivity contribution is 0.215. The van der Waals surface area contributed by atoms with Crippen LogP contribution in [0, 0.1) is 6.92 Å². The van der Waals surface area contributed by atoms with E-state index in [2.05, 4.69) is 25.3 Å². The van der Waals surface area contributed by atoms with Gasteiger partial charge in [-0.3, -0.25) is 4.57 Å². The number of rotatable bonds is 7. The summed E-state index contributed by atoms with van der Waals surface area (Å²) >= 11 is 0. The number of ether oxygens (including phenoxy) is 1. The Bertz CT molecular complexity index is 1050. The monoisotopic (exact) mass is 398 g/mol. The Morgan fingerprint density at radius 3 is 2.97 bits per heavy atom. The molecule has 1 aromatic carbocycles. The number of aryl methyl sites for hydroxylation is 1. The molecule has 3 rings (SSSR count). The van der Waals surface area contributed by atoms with Gasteiger partial charge in [0.15, 0.2) is 0 Å². The molecule has 0 aliphatic rings. The number of amides is 1. The number of hydrogen-bond acceptors (Lipinski definition) is 8. The quantitative estimate of drug-likeness (QED) is 0.315. The second-order valence-corrected chi connectivity index (χ2v) is 6.15. The number of anilines is 1. The summed E-state index contributed by atoms with van der Waals surface area (Å²) in [7, 11) is 1.41. The average Bonchev–Trinajstić information content (AvgIpc) is 3.02. The molecule has 3 aromatic rings. The average molecular weight is 398 g/mol. The lowest BCUT2D eigenvalue weighted by atomic mass is 10.2. The van der Waals surface area contributed by atoms with E-state index < -0.39 is 0 Å². The van der Waals surface area contributed by atoms with Gasteiger partial charge >= 0.3 is 6.03 Å². The number of aliphatic hydroxyl groups is 1. The van der Waals surface area contributed by atoms with Crippen molar-refractivity contribution in [2.24, 2.45) is 5.16 Å². The van der Waals surface area contributed by atoms with Crippen molar-refractivity contribution in [2.75, 3.05) is 26.0 Å². The van der Waals surface area contributed by atoms with Gasteiger partial charge in [0.2, 0.25) is 5.88 Å². The summed E-state index contributed by atoms with van der Waals surface area (Å²) in [6.07, 6.45) is 3.17. The predicted molar refractivity (Wildman–Crippen MR) is 108 cm³/mol. The maximum Gasteiger partial charge on any atom is 0.326 e. The summed E-state index contributed by atoms with van der Waals surface area (Å²) in [5.74, 6) is 0.953. The predicted octanol–water partition coefficient (Wildman–Crippen LogP) is 2.03. The van der Waals surface area contributed by atoms with Crippen molar-refractivity contribution >= 4 is 29.0 Å². The van der Waals surface area contributed by atoms with Crippen LogP contribution in [-0.4, -0.2) is 52.1 Å². The van der Waals surface area contributed by atoms with Crippen molar-refractivity contribution in [1.29, 1.82) is 0 Å². The summed E-state index contributed by atoms with van der Waals surface area (Å²) in [5, 5.41) is 16.2. The summed E-state index contributed by atoms with van der Waals surface area (Å²) < 4.78 is 7.45. The van der Waals surface area contributed by atoms with Gasteiger partial charge in [0, 0.05) is 24.2 Å². The molecular formula is C19H22N6O4. The van der Waals surface area contributed by atoms with Crippen LogP contribution >= 0.6 is 0 Å². The Balaban J connectivity index is 1.89. The van der Waals surface area contributed by atoms with Crippen molar-refractivity contribution in [3.63, 3.8) is 0 Å². The van der Waals surface area contributed by atoms with E-state index >= 15 is 0 Å². The number of benzene rings is 1. The van der Waals surface area contributed by atoms with Crippen LogP contribution in [-0.2, 0) is 4.84 Å². The molecule has 29 heavy (non-hydrogen) atoms. The minimum absolute atomic E-state index is 0.0248. The molecule has 1 amide bonds. The number of carbonyl (C=O) groups is 1. The number of nitrogens with one attached hydrogen (secondary N) is 1. The van der Waals surface area contributed by atoms with Crippen LogP contribution < -0.4 is 15.8 Å². The number of nitrogens with zero attached hydrogens (tertiary/aromatic N) is 4. The molecule has 0 aliphatic heterocycles. The third kappa shape index (κ3) is 4.43. The van der Waals surface area contributed by atoms with Crippen molar-refractivity contribution in [2.45, 2.75) is 13.3 Å². The van der Waals surface area contributed by atoms with Crippen LogP contribution in [0.2, 0.25) is 0 Å². The number of aromatic nitrogens is 3. The molecule has 10 nitrogen and oxygen atoms in total. The molecule has 0 aliphatic carbocycles. The van der Waals surface area contributed by atoms with Crippen LogP contribution in [0.1, 0.15) is 17.7 Å². The normalized spacial score (nSPS) is 11.1. The second-order valence-electron chi connectivity index (χ2n) is 6.15. The zero-order valence-corrected chi connectivity index (χ0v) is 16.1. The number of nitrogen functional groups attached to an aromatic ring is 1. The first kappa shape index (κ1) is 20.1. The van der Waals surface area contributed by atoms with E-state index in [4.69, 9.17) is 15.6 Å². The highest BCUT2D eigenvalue weighted by Gasteiger charge is 2.15. The molecule has 10 heteroatoms. The minimum atomic E-state index is -0.249. The summed E-state index contributed by atoms with van der Waals surface area (Å²) in [6, 6.07) is 6.96. The minimum Gasteiger partial charge on any atom is -0.438 e. The number of carbonyl (C=O) groups excluding carboxylic acids is 1. The number of aliphatic hydroxyl groups excluding tert-OH is 1. The zero-order chi connectivity index (χ0) is 20.8. The van der Waals surface area contributed by atoms with Crippen molar-refractivity contribution in [1.82, 2.24) is 19.9 Å². The van der Waals surface area contributed by atoms with Gasteiger partial charge in [-0.1, -0.05) is 5.16 Å². The van der Waals surface area contributed by atoms with E-state index in [-0.39, 0.29) is 24.3 Å². The maximum absolute atomic E-state index is 12.5. The highest BCUT2D eigenvalue weighted by molar-refractivity contribution is 5.93. The van der Waals surface area contributed by atoms with Crippen molar-refractivity contribution in [3.8, 4) is 11.6 Å².